The summed E-state index contributed by atoms with van der Waals surface area (Å²) in [5.41, 5.74) is 7.24. The Hall–Kier alpha value is -1.75. The van der Waals surface area contributed by atoms with Crippen molar-refractivity contribution in [2.24, 2.45) is 5.73 Å². The molecule has 0 aliphatic heterocycles. The van der Waals surface area contributed by atoms with E-state index in [2.05, 4.69) is 25.7 Å². The highest BCUT2D eigenvalue weighted by Gasteiger charge is 2.40. The number of primary amides is 1. The number of hydrogen-bond acceptors (Lipinski definition) is 3. The molecule has 0 aliphatic carbocycles. The average molecular weight is 437 g/mol. The molecular weight excluding hydrogens is 407 g/mol. The molecule has 1 amide bonds. The molecule has 0 radical (unpaired) electrons. The Balaban J connectivity index is 2.12. The van der Waals surface area contributed by atoms with E-state index in [-0.39, 0.29) is 5.91 Å². The summed E-state index contributed by atoms with van der Waals surface area (Å²) < 4.78 is 5.85. The van der Waals surface area contributed by atoms with Crippen molar-refractivity contribution in [3.05, 3.63) is 63.6 Å². The van der Waals surface area contributed by atoms with E-state index in [1.54, 1.807) is 12.1 Å². The molecular formula is C23H30Cl2N2O2. The Kier molecular flexibility index (Phi) is 8.81. The van der Waals surface area contributed by atoms with Gasteiger partial charge in [-0.25, -0.2) is 0 Å². The lowest BCUT2D eigenvalue weighted by Crippen LogP contribution is -2.59. The molecule has 4 nitrogen and oxygen atoms in total. The second-order valence-corrected chi connectivity index (χ2v) is 7.99. The van der Waals surface area contributed by atoms with Crippen LogP contribution in [-0.2, 0) is 17.8 Å². The minimum absolute atomic E-state index is 0.261. The summed E-state index contributed by atoms with van der Waals surface area (Å²) in [7, 11) is 0. The lowest BCUT2D eigenvalue weighted by Gasteiger charge is -2.41. The molecule has 2 N–H and O–H groups in total. The predicted octanol–water partition coefficient (Wildman–Crippen LogP) is 5.48. The Morgan fingerprint density at radius 2 is 1.62 bits per heavy atom. The molecule has 0 heterocycles. The SMILES string of the molecule is CCCC(Cc1ccc(OCc2ccc(Cl)c(Cl)c2)cc1)(C(N)=O)N(CC)CC. The van der Waals surface area contributed by atoms with Crippen LogP contribution in [0.15, 0.2) is 42.5 Å². The Bertz CT molecular complexity index is 807. The van der Waals surface area contributed by atoms with Gasteiger partial charge in [-0.2, -0.15) is 0 Å². The van der Waals surface area contributed by atoms with E-state index in [9.17, 15) is 4.79 Å². The van der Waals surface area contributed by atoms with Crippen molar-refractivity contribution in [2.75, 3.05) is 13.1 Å². The van der Waals surface area contributed by atoms with Gasteiger partial charge in [0.05, 0.1) is 10.0 Å². The molecule has 6 heteroatoms. The van der Waals surface area contributed by atoms with Crippen LogP contribution >= 0.6 is 23.2 Å². The number of halogens is 2. The smallest absolute Gasteiger partial charge is 0.238 e. The standard InChI is InChI=1S/C23H30Cl2N2O2/c1-4-13-23(22(26)28,27(5-2)6-3)15-17-7-10-19(11-8-17)29-16-18-9-12-20(24)21(25)14-18/h7-12,14H,4-6,13,15-16H2,1-3H3,(H2,26,28). The van der Waals surface area contributed by atoms with Crippen LogP contribution in [0.3, 0.4) is 0 Å². The van der Waals surface area contributed by atoms with Crippen molar-refractivity contribution >= 4 is 29.1 Å². The Morgan fingerprint density at radius 1 is 1.00 bits per heavy atom. The van der Waals surface area contributed by atoms with E-state index >= 15 is 0 Å². The Morgan fingerprint density at radius 3 is 2.14 bits per heavy atom. The number of carbonyl (C=O) groups excluding carboxylic acids is 1. The summed E-state index contributed by atoms with van der Waals surface area (Å²) in [5, 5.41) is 1.04. The minimum atomic E-state index is -0.666. The van der Waals surface area contributed by atoms with Crippen LogP contribution in [0.2, 0.25) is 10.0 Å². The van der Waals surface area contributed by atoms with Crippen molar-refractivity contribution in [2.45, 2.75) is 52.2 Å². The first kappa shape index (κ1) is 23.5. The summed E-state index contributed by atoms with van der Waals surface area (Å²) in [6, 6.07) is 13.3. The first-order valence-corrected chi connectivity index (χ1v) is 10.8. The topological polar surface area (TPSA) is 55.6 Å². The fourth-order valence-corrected chi connectivity index (χ4v) is 4.12. The van der Waals surface area contributed by atoms with Crippen molar-refractivity contribution in [1.29, 1.82) is 0 Å². The molecule has 0 aromatic heterocycles. The monoisotopic (exact) mass is 436 g/mol. The lowest BCUT2D eigenvalue weighted by atomic mass is 9.83. The van der Waals surface area contributed by atoms with E-state index in [0.29, 0.717) is 23.1 Å². The normalized spacial score (nSPS) is 13.3. The molecule has 158 valence electrons. The van der Waals surface area contributed by atoms with Gasteiger partial charge in [-0.1, -0.05) is 68.6 Å². The minimum Gasteiger partial charge on any atom is -0.489 e. The third-order valence-electron chi connectivity index (χ3n) is 5.30. The highest BCUT2D eigenvalue weighted by atomic mass is 35.5. The number of ether oxygens (including phenoxy) is 1. The van der Waals surface area contributed by atoms with Gasteiger partial charge in [-0.05, 0) is 61.3 Å². The molecule has 0 aliphatic rings. The molecule has 0 saturated heterocycles. The number of amides is 1. The summed E-state index contributed by atoms with van der Waals surface area (Å²) in [6.07, 6.45) is 2.22. The van der Waals surface area contributed by atoms with Gasteiger partial charge < -0.3 is 10.5 Å². The van der Waals surface area contributed by atoms with Crippen molar-refractivity contribution in [3.8, 4) is 5.75 Å². The third kappa shape index (κ3) is 5.88. The molecule has 0 spiro atoms. The van der Waals surface area contributed by atoms with E-state index in [4.69, 9.17) is 33.7 Å². The number of nitrogens with two attached hydrogens (primary N) is 1. The number of hydrogen-bond donors (Lipinski definition) is 1. The predicted molar refractivity (Wildman–Crippen MR) is 121 cm³/mol. The number of rotatable bonds is 11. The van der Waals surface area contributed by atoms with Crippen LogP contribution in [0, 0.1) is 0 Å². The molecule has 0 fully saturated rings. The number of nitrogens with zero attached hydrogens (tertiary/aromatic N) is 1. The maximum atomic E-state index is 12.5. The fourth-order valence-electron chi connectivity index (χ4n) is 3.80. The number of carbonyl (C=O) groups is 1. The molecule has 29 heavy (non-hydrogen) atoms. The zero-order valence-electron chi connectivity index (χ0n) is 17.4. The van der Waals surface area contributed by atoms with Gasteiger partial charge in [0, 0.05) is 0 Å². The lowest BCUT2D eigenvalue weighted by molar-refractivity contribution is -0.130. The molecule has 2 rings (SSSR count). The van der Waals surface area contributed by atoms with Crippen LogP contribution in [0.25, 0.3) is 0 Å². The molecule has 1 atom stereocenters. The summed E-state index contributed by atoms with van der Waals surface area (Å²) in [6.45, 7) is 8.18. The van der Waals surface area contributed by atoms with E-state index in [0.717, 1.165) is 42.8 Å². The van der Waals surface area contributed by atoms with Crippen LogP contribution in [0.5, 0.6) is 5.75 Å². The van der Waals surface area contributed by atoms with Gasteiger partial charge in [0.2, 0.25) is 5.91 Å². The molecule has 0 saturated carbocycles. The molecule has 0 bridgehead atoms. The van der Waals surface area contributed by atoms with Gasteiger partial charge in [0.15, 0.2) is 0 Å². The summed E-state index contributed by atoms with van der Waals surface area (Å²) in [4.78, 5) is 14.7. The van der Waals surface area contributed by atoms with Gasteiger partial charge in [-0.3, -0.25) is 9.69 Å². The van der Waals surface area contributed by atoms with Crippen molar-refractivity contribution in [3.63, 3.8) is 0 Å². The summed E-state index contributed by atoms with van der Waals surface area (Å²) >= 11 is 12.0. The maximum absolute atomic E-state index is 12.5. The maximum Gasteiger partial charge on any atom is 0.238 e. The second kappa shape index (κ2) is 10.9. The zero-order valence-corrected chi connectivity index (χ0v) is 18.9. The first-order chi connectivity index (χ1) is 13.9. The van der Waals surface area contributed by atoms with Gasteiger partial charge in [0.25, 0.3) is 0 Å². The highest BCUT2D eigenvalue weighted by Crippen LogP contribution is 2.28. The van der Waals surface area contributed by atoms with Crippen LogP contribution in [0.1, 0.15) is 44.7 Å². The Labute approximate surface area is 183 Å². The largest absolute Gasteiger partial charge is 0.489 e. The first-order valence-electron chi connectivity index (χ1n) is 10.1. The van der Waals surface area contributed by atoms with E-state index in [1.165, 1.54) is 0 Å². The van der Waals surface area contributed by atoms with E-state index < -0.39 is 5.54 Å². The van der Waals surface area contributed by atoms with Gasteiger partial charge >= 0.3 is 0 Å². The second-order valence-electron chi connectivity index (χ2n) is 7.18. The third-order valence-corrected chi connectivity index (χ3v) is 6.04. The van der Waals surface area contributed by atoms with Crippen molar-refractivity contribution < 1.29 is 9.53 Å². The molecule has 2 aromatic carbocycles. The molecule has 2 aromatic rings. The van der Waals surface area contributed by atoms with Crippen LogP contribution < -0.4 is 10.5 Å². The van der Waals surface area contributed by atoms with Crippen molar-refractivity contribution in [1.82, 2.24) is 4.90 Å². The summed E-state index contributed by atoms with van der Waals surface area (Å²) in [5.74, 6) is 0.492. The van der Waals surface area contributed by atoms with Gasteiger partial charge in [-0.15, -0.1) is 0 Å². The van der Waals surface area contributed by atoms with Crippen LogP contribution in [-0.4, -0.2) is 29.4 Å². The quantitative estimate of drug-likeness (QED) is 0.507. The highest BCUT2D eigenvalue weighted by molar-refractivity contribution is 6.42. The molecule has 1 unspecified atom stereocenters. The zero-order chi connectivity index (χ0) is 21.4. The van der Waals surface area contributed by atoms with Gasteiger partial charge in [0.1, 0.15) is 17.9 Å². The fraction of sp³-hybridized carbons (Fsp3) is 0.435. The average Bonchev–Trinajstić information content (AvgIpc) is 2.70. The van der Waals surface area contributed by atoms with E-state index in [1.807, 2.05) is 30.3 Å². The number of likely N-dealkylation sites (N-methyl/N-ethyl adjacent to an activating group) is 1. The van der Waals surface area contributed by atoms with Crippen LogP contribution in [0.4, 0.5) is 0 Å². The number of benzene rings is 2.